The van der Waals surface area contributed by atoms with E-state index >= 15 is 0 Å². The minimum absolute atomic E-state index is 0.221. The Morgan fingerprint density at radius 1 is 1.11 bits per heavy atom. The molecule has 0 radical (unpaired) electrons. The van der Waals surface area contributed by atoms with E-state index in [9.17, 15) is 4.39 Å². The molecule has 0 N–H and O–H groups in total. The Balaban J connectivity index is 2.06. The summed E-state index contributed by atoms with van der Waals surface area (Å²) >= 11 is 0. The standard InChI is InChI=1S/C15H13FN2/c16-14-6-3-12(4-7-14)5-8-15-13(9-10-17)2-1-11-18-15/h1-4,6-7,11H,5,8-9H2. The van der Waals surface area contributed by atoms with Crippen molar-refractivity contribution in [2.45, 2.75) is 19.3 Å². The Kier molecular flexibility index (Phi) is 4.03. The van der Waals surface area contributed by atoms with Crippen molar-refractivity contribution in [2.75, 3.05) is 0 Å². The van der Waals surface area contributed by atoms with Crippen LogP contribution in [0.25, 0.3) is 0 Å². The molecule has 1 aromatic carbocycles. The zero-order valence-electron chi connectivity index (χ0n) is 9.94. The second-order valence-corrected chi connectivity index (χ2v) is 4.07. The molecule has 90 valence electrons. The van der Waals surface area contributed by atoms with Gasteiger partial charge in [-0.25, -0.2) is 4.39 Å². The van der Waals surface area contributed by atoms with Gasteiger partial charge >= 0.3 is 0 Å². The van der Waals surface area contributed by atoms with E-state index in [1.54, 1.807) is 18.3 Å². The number of aromatic nitrogens is 1. The number of hydrogen-bond donors (Lipinski definition) is 0. The topological polar surface area (TPSA) is 36.7 Å². The molecule has 2 aromatic rings. The van der Waals surface area contributed by atoms with Crippen molar-refractivity contribution in [3.05, 3.63) is 65.2 Å². The number of halogens is 1. The van der Waals surface area contributed by atoms with Gasteiger partial charge in [-0.1, -0.05) is 18.2 Å². The molecule has 1 heterocycles. The third kappa shape index (κ3) is 3.14. The van der Waals surface area contributed by atoms with Gasteiger partial charge in [0.25, 0.3) is 0 Å². The molecule has 0 fully saturated rings. The summed E-state index contributed by atoms with van der Waals surface area (Å²) in [6, 6.07) is 12.4. The van der Waals surface area contributed by atoms with Crippen LogP contribution in [-0.2, 0) is 19.3 Å². The van der Waals surface area contributed by atoms with E-state index in [1.165, 1.54) is 12.1 Å². The third-order valence-corrected chi connectivity index (χ3v) is 2.82. The molecule has 0 saturated heterocycles. The largest absolute Gasteiger partial charge is 0.261 e. The molecule has 0 aliphatic heterocycles. The highest BCUT2D eigenvalue weighted by molar-refractivity contribution is 5.25. The molecule has 2 nitrogen and oxygen atoms in total. The van der Waals surface area contributed by atoms with Crippen LogP contribution < -0.4 is 0 Å². The summed E-state index contributed by atoms with van der Waals surface area (Å²) in [5.41, 5.74) is 3.00. The molecule has 1 aromatic heterocycles. The van der Waals surface area contributed by atoms with E-state index < -0.39 is 0 Å². The highest BCUT2D eigenvalue weighted by atomic mass is 19.1. The van der Waals surface area contributed by atoms with Crippen molar-refractivity contribution in [1.29, 1.82) is 5.26 Å². The molecule has 2 rings (SSSR count). The fourth-order valence-electron chi connectivity index (χ4n) is 1.86. The summed E-state index contributed by atoms with van der Waals surface area (Å²) in [6.45, 7) is 0. The van der Waals surface area contributed by atoms with E-state index in [0.717, 1.165) is 29.7 Å². The van der Waals surface area contributed by atoms with Crippen LogP contribution in [0.2, 0.25) is 0 Å². The zero-order chi connectivity index (χ0) is 12.8. The first-order valence-electron chi connectivity index (χ1n) is 5.84. The summed E-state index contributed by atoms with van der Waals surface area (Å²) < 4.78 is 12.8. The maximum atomic E-state index is 12.8. The first kappa shape index (κ1) is 12.3. The average Bonchev–Trinajstić information content (AvgIpc) is 2.40. The SMILES string of the molecule is N#CCc1cccnc1CCc1ccc(F)cc1. The van der Waals surface area contributed by atoms with Gasteiger partial charge in [-0.2, -0.15) is 5.26 Å². The monoisotopic (exact) mass is 240 g/mol. The van der Waals surface area contributed by atoms with Crippen molar-refractivity contribution >= 4 is 0 Å². The second kappa shape index (κ2) is 5.92. The summed E-state index contributed by atoms with van der Waals surface area (Å²) in [5, 5.41) is 8.74. The predicted molar refractivity (Wildman–Crippen MR) is 67.4 cm³/mol. The van der Waals surface area contributed by atoms with Gasteiger partial charge < -0.3 is 0 Å². The van der Waals surface area contributed by atoms with E-state index in [-0.39, 0.29) is 5.82 Å². The van der Waals surface area contributed by atoms with Gasteiger partial charge in [0.2, 0.25) is 0 Å². The minimum atomic E-state index is -0.221. The molecule has 0 bridgehead atoms. The first-order valence-corrected chi connectivity index (χ1v) is 5.84. The molecular formula is C15H13FN2. The van der Waals surface area contributed by atoms with Gasteiger partial charge in [-0.05, 0) is 42.2 Å². The molecule has 0 aliphatic rings. The molecule has 0 atom stereocenters. The molecule has 3 heteroatoms. The summed E-state index contributed by atoms with van der Waals surface area (Å²) in [6.07, 6.45) is 3.69. The number of nitriles is 1. The number of benzene rings is 1. The number of hydrogen-bond acceptors (Lipinski definition) is 2. The van der Waals surface area contributed by atoms with Crippen LogP contribution in [-0.4, -0.2) is 4.98 Å². The predicted octanol–water partition coefficient (Wildman–Crippen LogP) is 3.07. The molecule has 0 saturated carbocycles. The lowest BCUT2D eigenvalue weighted by Crippen LogP contribution is -1.99. The Hall–Kier alpha value is -2.21. The van der Waals surface area contributed by atoms with Gasteiger partial charge in [0.05, 0.1) is 12.5 Å². The lowest BCUT2D eigenvalue weighted by atomic mass is 10.0. The first-order chi connectivity index (χ1) is 8.79. The minimum Gasteiger partial charge on any atom is -0.261 e. The lowest BCUT2D eigenvalue weighted by Gasteiger charge is -2.05. The Labute approximate surface area is 106 Å². The van der Waals surface area contributed by atoms with Gasteiger partial charge in [0.1, 0.15) is 5.82 Å². The van der Waals surface area contributed by atoms with Crippen LogP contribution in [0.5, 0.6) is 0 Å². The summed E-state index contributed by atoms with van der Waals surface area (Å²) in [7, 11) is 0. The smallest absolute Gasteiger partial charge is 0.123 e. The van der Waals surface area contributed by atoms with Crippen molar-refractivity contribution in [1.82, 2.24) is 4.98 Å². The zero-order valence-corrected chi connectivity index (χ0v) is 9.94. The summed E-state index contributed by atoms with van der Waals surface area (Å²) in [4.78, 5) is 4.30. The lowest BCUT2D eigenvalue weighted by molar-refractivity contribution is 0.627. The third-order valence-electron chi connectivity index (χ3n) is 2.82. The highest BCUT2D eigenvalue weighted by Gasteiger charge is 2.03. The highest BCUT2D eigenvalue weighted by Crippen LogP contribution is 2.11. The quantitative estimate of drug-likeness (QED) is 0.823. The van der Waals surface area contributed by atoms with Gasteiger partial charge in [0.15, 0.2) is 0 Å². The maximum Gasteiger partial charge on any atom is 0.123 e. The second-order valence-electron chi connectivity index (χ2n) is 4.07. The van der Waals surface area contributed by atoms with E-state index in [4.69, 9.17) is 5.26 Å². The normalized spacial score (nSPS) is 10.0. The maximum absolute atomic E-state index is 12.8. The molecule has 0 spiro atoms. The fourth-order valence-corrected chi connectivity index (χ4v) is 1.86. The number of aryl methyl sites for hydroxylation is 2. The number of nitrogens with zero attached hydrogens (tertiary/aromatic N) is 2. The summed E-state index contributed by atoms with van der Waals surface area (Å²) in [5.74, 6) is -0.221. The van der Waals surface area contributed by atoms with Crippen LogP contribution in [0.4, 0.5) is 4.39 Å². The molecule has 18 heavy (non-hydrogen) atoms. The average molecular weight is 240 g/mol. The molecule has 0 aliphatic carbocycles. The van der Waals surface area contributed by atoms with Crippen molar-refractivity contribution < 1.29 is 4.39 Å². The van der Waals surface area contributed by atoms with E-state index in [2.05, 4.69) is 11.1 Å². The fraction of sp³-hybridized carbons (Fsp3) is 0.200. The Morgan fingerprint density at radius 3 is 2.61 bits per heavy atom. The Bertz CT molecular complexity index is 555. The van der Waals surface area contributed by atoms with Gasteiger partial charge in [-0.3, -0.25) is 4.98 Å². The van der Waals surface area contributed by atoms with Crippen LogP contribution in [0.3, 0.4) is 0 Å². The van der Waals surface area contributed by atoms with Crippen LogP contribution in [0.15, 0.2) is 42.6 Å². The number of rotatable bonds is 4. The molecular weight excluding hydrogens is 227 g/mol. The Morgan fingerprint density at radius 2 is 1.89 bits per heavy atom. The van der Waals surface area contributed by atoms with E-state index in [0.29, 0.717) is 6.42 Å². The van der Waals surface area contributed by atoms with Crippen LogP contribution in [0, 0.1) is 17.1 Å². The van der Waals surface area contributed by atoms with Crippen molar-refractivity contribution in [3.63, 3.8) is 0 Å². The molecule has 0 amide bonds. The van der Waals surface area contributed by atoms with Crippen LogP contribution in [0.1, 0.15) is 16.8 Å². The van der Waals surface area contributed by atoms with Gasteiger partial charge in [0, 0.05) is 11.9 Å². The molecule has 0 unspecified atom stereocenters. The van der Waals surface area contributed by atoms with Gasteiger partial charge in [-0.15, -0.1) is 0 Å². The van der Waals surface area contributed by atoms with E-state index in [1.807, 2.05) is 12.1 Å². The van der Waals surface area contributed by atoms with Crippen molar-refractivity contribution in [3.8, 4) is 6.07 Å². The van der Waals surface area contributed by atoms with Crippen LogP contribution >= 0.6 is 0 Å². The number of pyridine rings is 1. The van der Waals surface area contributed by atoms with Crippen molar-refractivity contribution in [2.24, 2.45) is 0 Å².